The zero-order valence-corrected chi connectivity index (χ0v) is 17.4. The van der Waals surface area contributed by atoms with E-state index in [4.69, 9.17) is 9.47 Å². The molecule has 0 bridgehead atoms. The molecule has 0 radical (unpaired) electrons. The van der Waals surface area contributed by atoms with Crippen LogP contribution >= 0.6 is 0 Å². The number of benzene rings is 2. The van der Waals surface area contributed by atoms with Crippen LogP contribution in [0.4, 0.5) is 0 Å². The van der Waals surface area contributed by atoms with E-state index in [1.807, 2.05) is 24.3 Å². The lowest BCUT2D eigenvalue weighted by Crippen LogP contribution is -2.83. The van der Waals surface area contributed by atoms with Gasteiger partial charge < -0.3 is 19.9 Å². The number of aromatic hydroxyl groups is 1. The average Bonchev–Trinajstić information content (AvgIpc) is 2.72. The van der Waals surface area contributed by atoms with Gasteiger partial charge in [0.15, 0.2) is 0 Å². The molecule has 0 saturated carbocycles. The molecule has 0 aliphatic carbocycles. The molecule has 2 aromatic carbocycles. The molecule has 4 nitrogen and oxygen atoms in total. The summed E-state index contributed by atoms with van der Waals surface area (Å²) in [5.41, 5.74) is 2.23. The lowest BCUT2D eigenvalue weighted by Gasteiger charge is -2.46. The van der Waals surface area contributed by atoms with Crippen LogP contribution in [0.15, 0.2) is 48.5 Å². The van der Waals surface area contributed by atoms with Gasteiger partial charge in [-0.2, -0.15) is 0 Å². The van der Waals surface area contributed by atoms with Gasteiger partial charge in [-0.05, 0) is 44.4 Å². The predicted molar refractivity (Wildman–Crippen MR) is 112 cm³/mol. The predicted octanol–water partition coefficient (Wildman–Crippen LogP) is 3.77. The minimum atomic E-state index is -0.100. The second kappa shape index (κ2) is 8.97. The lowest BCUT2D eigenvalue weighted by atomic mass is 9.66. The van der Waals surface area contributed by atoms with Gasteiger partial charge in [-0.25, -0.2) is 0 Å². The number of ether oxygens (including phenoxy) is 2. The van der Waals surface area contributed by atoms with Crippen LogP contribution in [0.2, 0.25) is 0 Å². The topological polar surface area (TPSA) is 55.3 Å². The normalized spacial score (nSPS) is 24.8. The molecule has 152 valence electrons. The Balaban J connectivity index is 1.78. The van der Waals surface area contributed by atoms with Crippen molar-refractivity contribution in [3.05, 3.63) is 59.7 Å². The third kappa shape index (κ3) is 4.50. The number of hydrogen-bond donors (Lipinski definition) is 2. The minimum Gasteiger partial charge on any atom is -0.507 e. The molecule has 3 rings (SSSR count). The van der Waals surface area contributed by atoms with Crippen molar-refractivity contribution in [2.45, 2.75) is 57.1 Å². The molecular formula is C24H34NO3+. The minimum absolute atomic E-state index is 0.0465. The standard InChI is InChI=1S/C24H33NO3/c1-4-23(2)18-24(14-16-28-23,20-10-6-8-12-22(20)27-3)13-15-25-17-19-9-5-7-11-21(19)26/h5-12,25-26H,4,13-18H2,1-3H3/p+1. The summed E-state index contributed by atoms with van der Waals surface area (Å²) < 4.78 is 11.9. The highest BCUT2D eigenvalue weighted by atomic mass is 16.5. The van der Waals surface area contributed by atoms with Gasteiger partial charge in [-0.1, -0.05) is 37.3 Å². The van der Waals surface area contributed by atoms with Gasteiger partial charge in [-0.3, -0.25) is 0 Å². The molecule has 1 aliphatic heterocycles. The second-order valence-corrected chi connectivity index (χ2v) is 8.22. The van der Waals surface area contributed by atoms with E-state index in [2.05, 4.69) is 37.4 Å². The SMILES string of the molecule is CCC1(C)CC(CC[NH2+]Cc2ccccc2O)(c2ccccc2OC)CCO1. The molecule has 0 aromatic heterocycles. The summed E-state index contributed by atoms with van der Waals surface area (Å²) in [4.78, 5) is 0. The van der Waals surface area contributed by atoms with Crippen LogP contribution in [0.25, 0.3) is 0 Å². The maximum atomic E-state index is 10.0. The van der Waals surface area contributed by atoms with Gasteiger partial charge in [0.2, 0.25) is 0 Å². The molecule has 2 unspecified atom stereocenters. The summed E-state index contributed by atoms with van der Waals surface area (Å²) in [6, 6.07) is 16.0. The first-order valence-corrected chi connectivity index (χ1v) is 10.4. The first kappa shape index (κ1) is 20.7. The third-order valence-electron chi connectivity index (χ3n) is 6.35. The van der Waals surface area contributed by atoms with Gasteiger partial charge >= 0.3 is 0 Å². The number of rotatable bonds is 8. The van der Waals surface area contributed by atoms with Crippen molar-refractivity contribution in [2.75, 3.05) is 20.3 Å². The van der Waals surface area contributed by atoms with E-state index in [0.29, 0.717) is 5.75 Å². The molecule has 3 N–H and O–H groups in total. The maximum Gasteiger partial charge on any atom is 0.124 e. The van der Waals surface area contributed by atoms with E-state index in [0.717, 1.165) is 56.7 Å². The fourth-order valence-electron chi connectivity index (χ4n) is 4.56. The molecule has 0 amide bonds. The Hall–Kier alpha value is -2.04. The summed E-state index contributed by atoms with van der Waals surface area (Å²) >= 11 is 0. The zero-order chi connectivity index (χ0) is 20.0. The Kier molecular flexibility index (Phi) is 6.63. The van der Waals surface area contributed by atoms with E-state index in [1.165, 1.54) is 5.56 Å². The van der Waals surface area contributed by atoms with Crippen LogP contribution in [0.3, 0.4) is 0 Å². The van der Waals surface area contributed by atoms with Crippen molar-refractivity contribution in [3.8, 4) is 11.5 Å². The molecule has 0 spiro atoms. The molecule has 4 heteroatoms. The summed E-state index contributed by atoms with van der Waals surface area (Å²) in [5.74, 6) is 1.35. The second-order valence-electron chi connectivity index (χ2n) is 8.22. The van der Waals surface area contributed by atoms with Crippen LogP contribution in [0.5, 0.6) is 11.5 Å². The highest BCUT2D eigenvalue weighted by Crippen LogP contribution is 2.47. The molecule has 1 aliphatic rings. The highest BCUT2D eigenvalue weighted by molar-refractivity contribution is 5.40. The highest BCUT2D eigenvalue weighted by Gasteiger charge is 2.44. The molecule has 2 aromatic rings. The first-order valence-electron chi connectivity index (χ1n) is 10.4. The van der Waals surface area contributed by atoms with Crippen LogP contribution in [-0.4, -0.2) is 31.0 Å². The van der Waals surface area contributed by atoms with Crippen molar-refractivity contribution in [2.24, 2.45) is 0 Å². The number of para-hydroxylation sites is 2. The van der Waals surface area contributed by atoms with Crippen molar-refractivity contribution in [1.29, 1.82) is 0 Å². The van der Waals surface area contributed by atoms with Crippen LogP contribution in [0, 0.1) is 0 Å². The summed E-state index contributed by atoms with van der Waals surface area (Å²) in [6.07, 6.45) is 4.07. The van der Waals surface area contributed by atoms with Crippen LogP contribution < -0.4 is 10.1 Å². The third-order valence-corrected chi connectivity index (χ3v) is 6.35. The number of methoxy groups -OCH3 is 1. The van der Waals surface area contributed by atoms with Crippen LogP contribution in [0.1, 0.15) is 50.7 Å². The largest absolute Gasteiger partial charge is 0.507 e. The zero-order valence-electron chi connectivity index (χ0n) is 17.4. The average molecular weight is 385 g/mol. The molecule has 1 saturated heterocycles. The number of hydrogen-bond acceptors (Lipinski definition) is 3. The van der Waals surface area contributed by atoms with E-state index >= 15 is 0 Å². The van der Waals surface area contributed by atoms with Crippen LogP contribution in [-0.2, 0) is 16.7 Å². The van der Waals surface area contributed by atoms with Gasteiger partial charge in [0.25, 0.3) is 0 Å². The van der Waals surface area contributed by atoms with Crippen molar-refractivity contribution in [1.82, 2.24) is 0 Å². The number of quaternary nitrogens is 1. The number of phenolic OH excluding ortho intramolecular Hbond substituents is 1. The summed E-state index contributed by atoms with van der Waals surface area (Å²) in [6.45, 7) is 7.01. The Morgan fingerprint density at radius 2 is 1.89 bits per heavy atom. The van der Waals surface area contributed by atoms with Crippen molar-refractivity contribution < 1.29 is 19.9 Å². The van der Waals surface area contributed by atoms with E-state index in [1.54, 1.807) is 13.2 Å². The quantitative estimate of drug-likeness (QED) is 0.681. The fourth-order valence-corrected chi connectivity index (χ4v) is 4.56. The van der Waals surface area contributed by atoms with Crippen molar-refractivity contribution in [3.63, 3.8) is 0 Å². The van der Waals surface area contributed by atoms with Gasteiger partial charge in [-0.15, -0.1) is 0 Å². The monoisotopic (exact) mass is 384 g/mol. The smallest absolute Gasteiger partial charge is 0.124 e. The molecule has 1 heterocycles. The summed E-state index contributed by atoms with van der Waals surface area (Å²) in [5, 5.41) is 12.3. The van der Waals surface area contributed by atoms with E-state index in [9.17, 15) is 5.11 Å². The molecule has 2 atom stereocenters. The maximum absolute atomic E-state index is 10.0. The Morgan fingerprint density at radius 3 is 2.64 bits per heavy atom. The Bertz CT molecular complexity index is 778. The molecular weight excluding hydrogens is 350 g/mol. The Morgan fingerprint density at radius 1 is 1.14 bits per heavy atom. The van der Waals surface area contributed by atoms with E-state index in [-0.39, 0.29) is 11.0 Å². The Labute approximate surface area is 168 Å². The van der Waals surface area contributed by atoms with Gasteiger partial charge in [0.05, 0.1) is 19.3 Å². The number of nitrogens with two attached hydrogens (primary N) is 1. The van der Waals surface area contributed by atoms with Gasteiger partial charge in [0, 0.05) is 29.6 Å². The number of phenols is 1. The molecule has 1 fully saturated rings. The first-order chi connectivity index (χ1) is 13.5. The lowest BCUT2D eigenvalue weighted by molar-refractivity contribution is -0.672. The summed E-state index contributed by atoms with van der Waals surface area (Å²) in [7, 11) is 1.76. The van der Waals surface area contributed by atoms with Gasteiger partial charge in [0.1, 0.15) is 18.0 Å². The molecule has 28 heavy (non-hydrogen) atoms. The van der Waals surface area contributed by atoms with E-state index < -0.39 is 0 Å². The fraction of sp³-hybridized carbons (Fsp3) is 0.500. The van der Waals surface area contributed by atoms with Crippen molar-refractivity contribution >= 4 is 0 Å².